The van der Waals surface area contributed by atoms with Crippen molar-refractivity contribution >= 4 is 10.1 Å². The van der Waals surface area contributed by atoms with Crippen LogP contribution in [0.2, 0.25) is 0 Å². The molecule has 2 rings (SSSR count). The average molecular weight is 314 g/mol. The van der Waals surface area contributed by atoms with Crippen LogP contribution in [0.25, 0.3) is 0 Å². The van der Waals surface area contributed by atoms with E-state index in [4.69, 9.17) is 13.7 Å². The fourth-order valence-corrected chi connectivity index (χ4v) is 3.00. The average Bonchev–Trinajstić information content (AvgIpc) is 2.48. The summed E-state index contributed by atoms with van der Waals surface area (Å²) in [6, 6.07) is 6.60. The molecule has 1 aromatic carbocycles. The van der Waals surface area contributed by atoms with Gasteiger partial charge in [0.25, 0.3) is 10.1 Å². The molecular weight excluding hydrogens is 292 g/mol. The summed E-state index contributed by atoms with van der Waals surface area (Å²) in [4.78, 5) is 0.185. The van der Waals surface area contributed by atoms with E-state index < -0.39 is 10.1 Å². The lowest BCUT2D eigenvalue weighted by Gasteiger charge is -2.22. The quantitative estimate of drug-likeness (QED) is 0.572. The molecule has 1 atom stereocenters. The minimum absolute atomic E-state index is 0.114. The van der Waals surface area contributed by atoms with Crippen molar-refractivity contribution in [3.63, 3.8) is 0 Å². The van der Waals surface area contributed by atoms with E-state index in [1.165, 1.54) is 0 Å². The molecule has 0 aliphatic carbocycles. The summed E-state index contributed by atoms with van der Waals surface area (Å²) in [6.07, 6.45) is 3.47. The van der Waals surface area contributed by atoms with Crippen molar-refractivity contribution in [1.29, 1.82) is 0 Å². The molecule has 0 bridgehead atoms. The molecule has 5 nitrogen and oxygen atoms in total. The van der Waals surface area contributed by atoms with Gasteiger partial charge in [0.05, 0.1) is 18.1 Å². The Morgan fingerprint density at radius 2 is 1.95 bits per heavy atom. The number of benzene rings is 1. The Kier molecular flexibility index (Phi) is 6.17. The molecule has 21 heavy (non-hydrogen) atoms. The highest BCUT2D eigenvalue weighted by atomic mass is 32.2. The minimum Gasteiger partial charge on any atom is -0.353 e. The Morgan fingerprint density at radius 3 is 2.62 bits per heavy atom. The van der Waals surface area contributed by atoms with Gasteiger partial charge in [-0.15, -0.1) is 0 Å². The van der Waals surface area contributed by atoms with Gasteiger partial charge < -0.3 is 9.47 Å². The molecular formula is C15H22O5S. The molecule has 1 fully saturated rings. The molecule has 0 radical (unpaired) electrons. The van der Waals surface area contributed by atoms with E-state index in [-0.39, 0.29) is 17.8 Å². The number of hydrogen-bond acceptors (Lipinski definition) is 5. The van der Waals surface area contributed by atoms with Gasteiger partial charge in [0.1, 0.15) is 0 Å². The second kappa shape index (κ2) is 7.89. The summed E-state index contributed by atoms with van der Waals surface area (Å²) in [5.41, 5.74) is 1.01. The molecule has 1 heterocycles. The van der Waals surface area contributed by atoms with Gasteiger partial charge >= 0.3 is 0 Å². The van der Waals surface area contributed by atoms with E-state index in [0.29, 0.717) is 13.0 Å². The first kappa shape index (κ1) is 16.4. The van der Waals surface area contributed by atoms with Crippen LogP contribution in [0.4, 0.5) is 0 Å². The molecule has 0 N–H and O–H groups in total. The van der Waals surface area contributed by atoms with Crippen LogP contribution in [0.3, 0.4) is 0 Å². The van der Waals surface area contributed by atoms with Crippen molar-refractivity contribution in [2.24, 2.45) is 0 Å². The topological polar surface area (TPSA) is 61.8 Å². The zero-order valence-electron chi connectivity index (χ0n) is 12.3. The lowest BCUT2D eigenvalue weighted by molar-refractivity contribution is -0.163. The highest BCUT2D eigenvalue weighted by Gasteiger charge is 2.16. The van der Waals surface area contributed by atoms with Gasteiger partial charge in [0.15, 0.2) is 6.29 Å². The van der Waals surface area contributed by atoms with Crippen LogP contribution in [-0.2, 0) is 23.8 Å². The van der Waals surface area contributed by atoms with Crippen LogP contribution in [0, 0.1) is 6.92 Å². The maximum Gasteiger partial charge on any atom is 0.296 e. The van der Waals surface area contributed by atoms with Crippen molar-refractivity contribution in [3.8, 4) is 0 Å². The molecule has 0 unspecified atom stereocenters. The standard InChI is InChI=1S/C15H22O5S/c1-13-6-8-14(9-7-13)21(16,17)20-12-4-11-19-15-5-2-3-10-18-15/h6-9,15H,2-5,10-12H2,1H3/t15-/m1/s1. The summed E-state index contributed by atoms with van der Waals surface area (Å²) in [5.74, 6) is 0. The van der Waals surface area contributed by atoms with Gasteiger partial charge in [0.2, 0.25) is 0 Å². The summed E-state index contributed by atoms with van der Waals surface area (Å²) in [5, 5.41) is 0. The highest BCUT2D eigenvalue weighted by molar-refractivity contribution is 7.86. The normalized spacial score (nSPS) is 19.6. The second-order valence-electron chi connectivity index (χ2n) is 5.11. The summed E-state index contributed by atoms with van der Waals surface area (Å²) in [6.45, 7) is 3.20. The fraction of sp³-hybridized carbons (Fsp3) is 0.600. The molecule has 118 valence electrons. The number of ether oxygens (including phenoxy) is 2. The molecule has 0 aromatic heterocycles. The lowest BCUT2D eigenvalue weighted by atomic mass is 10.2. The molecule has 1 aliphatic heterocycles. The Balaban J connectivity index is 1.68. The van der Waals surface area contributed by atoms with Gasteiger partial charge in [-0.05, 0) is 44.7 Å². The third-order valence-electron chi connectivity index (χ3n) is 3.28. The molecule has 1 aliphatic rings. The first-order valence-corrected chi connectivity index (χ1v) is 8.68. The Bertz CT molecular complexity index is 517. The third kappa shape index (κ3) is 5.39. The van der Waals surface area contributed by atoms with Crippen molar-refractivity contribution < 1.29 is 22.1 Å². The zero-order valence-corrected chi connectivity index (χ0v) is 13.1. The maximum atomic E-state index is 11.9. The second-order valence-corrected chi connectivity index (χ2v) is 6.72. The minimum atomic E-state index is -3.67. The number of aryl methyl sites for hydroxylation is 1. The number of rotatable bonds is 7. The van der Waals surface area contributed by atoms with Gasteiger partial charge in [-0.2, -0.15) is 8.42 Å². The van der Waals surface area contributed by atoms with Crippen LogP contribution in [0.1, 0.15) is 31.2 Å². The monoisotopic (exact) mass is 314 g/mol. The van der Waals surface area contributed by atoms with Crippen LogP contribution in [0.5, 0.6) is 0 Å². The van der Waals surface area contributed by atoms with E-state index in [1.807, 2.05) is 6.92 Å². The third-order valence-corrected chi connectivity index (χ3v) is 4.60. The summed E-state index contributed by atoms with van der Waals surface area (Å²) >= 11 is 0. The van der Waals surface area contributed by atoms with Crippen LogP contribution in [-0.4, -0.2) is 34.5 Å². The molecule has 6 heteroatoms. The fourth-order valence-electron chi connectivity index (χ4n) is 2.06. The SMILES string of the molecule is Cc1ccc(S(=O)(=O)OCCCO[C@@H]2CCCCO2)cc1. The molecule has 0 saturated carbocycles. The highest BCUT2D eigenvalue weighted by Crippen LogP contribution is 2.15. The van der Waals surface area contributed by atoms with E-state index in [1.54, 1.807) is 24.3 Å². The van der Waals surface area contributed by atoms with Gasteiger partial charge in [0, 0.05) is 6.61 Å². The predicted octanol–water partition coefficient (Wildman–Crippen LogP) is 2.63. The smallest absolute Gasteiger partial charge is 0.296 e. The first-order valence-electron chi connectivity index (χ1n) is 7.27. The lowest BCUT2D eigenvalue weighted by Crippen LogP contribution is -2.23. The largest absolute Gasteiger partial charge is 0.353 e. The van der Waals surface area contributed by atoms with E-state index in [2.05, 4.69) is 0 Å². The van der Waals surface area contributed by atoms with Crippen molar-refractivity contribution in [2.75, 3.05) is 19.8 Å². The van der Waals surface area contributed by atoms with Crippen LogP contribution < -0.4 is 0 Å². The van der Waals surface area contributed by atoms with Crippen LogP contribution >= 0.6 is 0 Å². The van der Waals surface area contributed by atoms with Crippen molar-refractivity contribution in [1.82, 2.24) is 0 Å². The number of hydrogen-bond donors (Lipinski definition) is 0. The predicted molar refractivity (Wildman–Crippen MR) is 78.5 cm³/mol. The Morgan fingerprint density at radius 1 is 1.19 bits per heavy atom. The van der Waals surface area contributed by atoms with Crippen molar-refractivity contribution in [3.05, 3.63) is 29.8 Å². The maximum absolute atomic E-state index is 11.9. The first-order chi connectivity index (χ1) is 10.1. The summed E-state index contributed by atoms with van der Waals surface area (Å²) in [7, 11) is -3.67. The molecule has 0 amide bonds. The van der Waals surface area contributed by atoms with E-state index in [9.17, 15) is 8.42 Å². The Labute approximate surface area is 126 Å². The van der Waals surface area contributed by atoms with Gasteiger partial charge in [-0.3, -0.25) is 4.18 Å². The van der Waals surface area contributed by atoms with Gasteiger partial charge in [-0.1, -0.05) is 17.7 Å². The van der Waals surface area contributed by atoms with Crippen LogP contribution in [0.15, 0.2) is 29.2 Å². The summed E-state index contributed by atoms with van der Waals surface area (Å²) < 4.78 is 39.8. The molecule has 1 aromatic rings. The Hall–Kier alpha value is -0.950. The van der Waals surface area contributed by atoms with E-state index in [0.717, 1.165) is 31.4 Å². The molecule has 1 saturated heterocycles. The van der Waals surface area contributed by atoms with Crippen molar-refractivity contribution in [2.45, 2.75) is 43.8 Å². The van der Waals surface area contributed by atoms with Gasteiger partial charge in [-0.25, -0.2) is 0 Å². The zero-order chi connectivity index (χ0) is 15.1. The van der Waals surface area contributed by atoms with E-state index >= 15 is 0 Å². The molecule has 0 spiro atoms.